The van der Waals surface area contributed by atoms with Crippen LogP contribution in [0.4, 0.5) is 0 Å². The number of hydrogen-bond acceptors (Lipinski definition) is 4. The zero-order valence-electron chi connectivity index (χ0n) is 17.1. The normalized spacial score (nSPS) is 26.7. The zero-order chi connectivity index (χ0) is 19.4. The Kier molecular flexibility index (Phi) is 4.50. The van der Waals surface area contributed by atoms with Crippen molar-refractivity contribution in [2.45, 2.75) is 71.6 Å². The van der Waals surface area contributed by atoms with Crippen molar-refractivity contribution in [2.24, 2.45) is 5.92 Å². The lowest BCUT2D eigenvalue weighted by Gasteiger charge is -2.32. The molecule has 0 spiro atoms. The molecule has 1 aromatic rings. The third kappa shape index (κ3) is 3.25. The first-order valence-electron chi connectivity index (χ1n) is 10.1. The van der Waals surface area contributed by atoms with Crippen molar-refractivity contribution in [3.05, 3.63) is 29.0 Å². The summed E-state index contributed by atoms with van der Waals surface area (Å²) in [5.74, 6) is 0.701. The number of carbonyl (C=O) groups is 1. The molecule has 0 bridgehead atoms. The first-order chi connectivity index (χ1) is 12.7. The number of aromatic nitrogens is 2. The average Bonchev–Trinajstić information content (AvgIpc) is 3.12. The van der Waals surface area contributed by atoms with Crippen LogP contribution < -0.4 is 0 Å². The molecule has 4 heterocycles. The Morgan fingerprint density at radius 2 is 1.93 bits per heavy atom. The fourth-order valence-corrected chi connectivity index (χ4v) is 4.02. The lowest BCUT2D eigenvalue weighted by Crippen LogP contribution is -2.41. The van der Waals surface area contributed by atoms with Crippen molar-refractivity contribution in [3.8, 4) is 0 Å². The topological polar surface area (TPSA) is 56.6 Å². The Morgan fingerprint density at radius 3 is 2.56 bits per heavy atom. The summed E-state index contributed by atoms with van der Waals surface area (Å²) in [6.45, 7) is 12.7. The second-order valence-electron chi connectivity index (χ2n) is 9.19. The van der Waals surface area contributed by atoms with E-state index in [4.69, 9.17) is 9.31 Å². The molecule has 3 aliphatic heterocycles. The van der Waals surface area contributed by atoms with Gasteiger partial charge in [-0.1, -0.05) is 13.0 Å². The maximum atomic E-state index is 13.1. The summed E-state index contributed by atoms with van der Waals surface area (Å²) in [7, 11) is -0.308. The number of nitrogens with zero attached hydrogens (tertiary/aromatic N) is 3. The molecule has 1 saturated heterocycles. The third-order valence-corrected chi connectivity index (χ3v) is 6.64. The van der Waals surface area contributed by atoms with E-state index in [9.17, 15) is 4.79 Å². The number of carbonyl (C=O) groups excluding carboxylic acids is 1. The molecule has 1 aromatic heterocycles. The molecule has 0 radical (unpaired) electrons. The van der Waals surface area contributed by atoms with Gasteiger partial charge in [0.05, 0.1) is 28.7 Å². The highest BCUT2D eigenvalue weighted by Gasteiger charge is 2.52. The van der Waals surface area contributed by atoms with Gasteiger partial charge in [-0.15, -0.1) is 0 Å². The van der Waals surface area contributed by atoms with E-state index >= 15 is 0 Å². The van der Waals surface area contributed by atoms with Crippen molar-refractivity contribution in [2.75, 3.05) is 13.1 Å². The molecule has 0 N–H and O–H groups in total. The highest BCUT2D eigenvalue weighted by molar-refractivity contribution is 6.54. The number of hydrogen-bond donors (Lipinski definition) is 0. The van der Waals surface area contributed by atoms with Crippen LogP contribution in [0, 0.1) is 5.92 Å². The second kappa shape index (κ2) is 6.48. The molecule has 6 nitrogen and oxygen atoms in total. The molecule has 146 valence electrons. The predicted octanol–water partition coefficient (Wildman–Crippen LogP) is 2.87. The molecule has 1 fully saturated rings. The lowest BCUT2D eigenvalue weighted by atomic mass is 9.74. The molecule has 7 heteroatoms. The smallest absolute Gasteiger partial charge is 0.400 e. The number of amides is 1. The van der Waals surface area contributed by atoms with Gasteiger partial charge in [0.15, 0.2) is 0 Å². The number of aryl methyl sites for hydroxylation is 1. The van der Waals surface area contributed by atoms with E-state index in [0.717, 1.165) is 42.5 Å². The first kappa shape index (κ1) is 18.8. The van der Waals surface area contributed by atoms with Gasteiger partial charge in [-0.2, -0.15) is 5.10 Å². The van der Waals surface area contributed by atoms with Crippen LogP contribution in [0.15, 0.2) is 17.7 Å². The Hall–Kier alpha value is -1.60. The molecule has 1 unspecified atom stereocenters. The first-order valence-corrected chi connectivity index (χ1v) is 10.1. The van der Waals surface area contributed by atoms with E-state index in [-0.39, 0.29) is 24.2 Å². The van der Waals surface area contributed by atoms with Crippen molar-refractivity contribution in [3.63, 3.8) is 0 Å². The van der Waals surface area contributed by atoms with Crippen LogP contribution in [0.3, 0.4) is 0 Å². The third-order valence-electron chi connectivity index (χ3n) is 6.64. The van der Waals surface area contributed by atoms with E-state index < -0.39 is 0 Å². The van der Waals surface area contributed by atoms with Crippen molar-refractivity contribution >= 4 is 13.0 Å². The molecule has 27 heavy (non-hydrogen) atoms. The highest BCUT2D eigenvalue weighted by Crippen LogP contribution is 2.39. The number of rotatable bonds is 2. The summed E-state index contributed by atoms with van der Waals surface area (Å²) in [6.07, 6.45) is 6.70. The molecular formula is C20H30BN3O3. The highest BCUT2D eigenvalue weighted by atomic mass is 16.7. The average molecular weight is 371 g/mol. The van der Waals surface area contributed by atoms with Gasteiger partial charge in [0.2, 0.25) is 0 Å². The van der Waals surface area contributed by atoms with Crippen LogP contribution in [0.5, 0.6) is 0 Å². The summed E-state index contributed by atoms with van der Waals surface area (Å²) in [5.41, 5.74) is 2.34. The Bertz CT molecular complexity index is 767. The van der Waals surface area contributed by atoms with Crippen molar-refractivity contribution in [1.29, 1.82) is 0 Å². The largest absolute Gasteiger partial charge is 0.490 e. The minimum atomic E-state index is -0.334. The Balaban J connectivity index is 1.45. The molecular weight excluding hydrogens is 341 g/mol. The molecule has 0 aromatic carbocycles. The number of fused-ring (bicyclic) bond motifs is 1. The maximum absolute atomic E-state index is 13.1. The van der Waals surface area contributed by atoms with Gasteiger partial charge in [0, 0.05) is 19.6 Å². The van der Waals surface area contributed by atoms with Crippen LogP contribution in [0.2, 0.25) is 0 Å². The summed E-state index contributed by atoms with van der Waals surface area (Å²) >= 11 is 0. The molecule has 0 saturated carbocycles. The van der Waals surface area contributed by atoms with Gasteiger partial charge in [0.1, 0.15) is 0 Å². The Labute approximate surface area is 162 Å². The van der Waals surface area contributed by atoms with Crippen LogP contribution >= 0.6 is 0 Å². The fourth-order valence-electron chi connectivity index (χ4n) is 4.02. The molecule has 1 atom stereocenters. The standard InChI is InChI=1S/C20H30BN3O3/c1-14-6-11-24-17(12-14)16(13-22-24)18(25)23-9-7-15(8-10-23)21-26-19(2,3)20(4,5)27-21/h7,13-14H,6,8-12H2,1-5H3. The van der Waals surface area contributed by atoms with Crippen LogP contribution in [0.1, 0.15) is 63.5 Å². The molecule has 4 rings (SSSR count). The van der Waals surface area contributed by atoms with E-state index in [2.05, 4.69) is 45.8 Å². The van der Waals surface area contributed by atoms with Crippen molar-refractivity contribution in [1.82, 2.24) is 14.7 Å². The maximum Gasteiger partial charge on any atom is 0.490 e. The van der Waals surface area contributed by atoms with Crippen LogP contribution in [-0.2, 0) is 22.3 Å². The SMILES string of the molecule is CC1CCn2ncc(C(=O)N3CC=C(B4OC(C)(C)C(C)(C)O4)CC3)c2C1. The predicted molar refractivity (Wildman–Crippen MR) is 104 cm³/mol. The van der Waals surface area contributed by atoms with Crippen LogP contribution in [-0.4, -0.2) is 52.0 Å². The van der Waals surface area contributed by atoms with E-state index in [0.29, 0.717) is 19.0 Å². The summed E-state index contributed by atoms with van der Waals surface area (Å²) in [6, 6.07) is 0. The summed E-state index contributed by atoms with van der Waals surface area (Å²) in [5, 5.41) is 4.43. The van der Waals surface area contributed by atoms with Gasteiger partial charge < -0.3 is 14.2 Å². The molecule has 1 amide bonds. The Morgan fingerprint density at radius 1 is 1.22 bits per heavy atom. The minimum Gasteiger partial charge on any atom is -0.400 e. The molecule has 0 aliphatic carbocycles. The van der Waals surface area contributed by atoms with Gasteiger partial charge in [-0.3, -0.25) is 9.48 Å². The quantitative estimate of drug-likeness (QED) is 0.751. The second-order valence-corrected chi connectivity index (χ2v) is 9.19. The van der Waals surface area contributed by atoms with Gasteiger partial charge in [-0.25, -0.2) is 0 Å². The van der Waals surface area contributed by atoms with Crippen LogP contribution in [0.25, 0.3) is 0 Å². The fraction of sp³-hybridized carbons (Fsp3) is 0.700. The zero-order valence-corrected chi connectivity index (χ0v) is 17.1. The summed E-state index contributed by atoms with van der Waals surface area (Å²) < 4.78 is 14.3. The minimum absolute atomic E-state index is 0.0922. The van der Waals surface area contributed by atoms with Gasteiger partial charge in [-0.05, 0) is 58.3 Å². The van der Waals surface area contributed by atoms with E-state index in [1.807, 2.05) is 9.58 Å². The van der Waals surface area contributed by atoms with Crippen molar-refractivity contribution < 1.29 is 14.1 Å². The van der Waals surface area contributed by atoms with E-state index in [1.165, 1.54) is 0 Å². The van der Waals surface area contributed by atoms with Gasteiger partial charge >= 0.3 is 7.12 Å². The summed E-state index contributed by atoms with van der Waals surface area (Å²) in [4.78, 5) is 15.0. The van der Waals surface area contributed by atoms with E-state index in [1.54, 1.807) is 6.20 Å². The van der Waals surface area contributed by atoms with Gasteiger partial charge in [0.25, 0.3) is 5.91 Å². The molecule has 3 aliphatic rings. The monoisotopic (exact) mass is 371 g/mol. The lowest BCUT2D eigenvalue weighted by molar-refractivity contribution is 0.00578.